The van der Waals surface area contributed by atoms with E-state index in [1.165, 1.54) is 11.3 Å². The summed E-state index contributed by atoms with van der Waals surface area (Å²) in [5.41, 5.74) is 1.50. The number of hydrogen-bond acceptors (Lipinski definition) is 7. The lowest BCUT2D eigenvalue weighted by molar-refractivity contribution is 0.0734. The van der Waals surface area contributed by atoms with Crippen molar-refractivity contribution in [1.82, 2.24) is 25.0 Å². The van der Waals surface area contributed by atoms with E-state index in [2.05, 4.69) is 20.1 Å². The maximum Gasteiger partial charge on any atom is 0.276 e. The van der Waals surface area contributed by atoms with Crippen LogP contribution in [0.4, 0.5) is 0 Å². The second-order valence-electron chi connectivity index (χ2n) is 6.71. The number of aryl methyl sites for hydroxylation is 3. The van der Waals surface area contributed by atoms with Gasteiger partial charge in [0, 0.05) is 25.2 Å². The molecule has 1 unspecified atom stereocenters. The minimum atomic E-state index is 0.0999. The Morgan fingerprint density at radius 1 is 1.33 bits per heavy atom. The molecule has 1 saturated heterocycles. The van der Waals surface area contributed by atoms with E-state index in [1.54, 1.807) is 6.20 Å². The highest BCUT2D eigenvalue weighted by molar-refractivity contribution is 7.13. The maximum atomic E-state index is 12.9. The number of amides is 1. The Morgan fingerprint density at radius 2 is 2.22 bits per heavy atom. The van der Waals surface area contributed by atoms with Crippen LogP contribution in [0.3, 0.4) is 0 Å². The standard InChI is InChI=1S/C19H21N5O2S/c1-12-17(27-13(2)21-12)19(25)24-11-5-6-14(24)8-9-16-22-18(26-23-16)15-7-3-4-10-20-15/h3-4,7,10,14H,5-6,8-9,11H2,1-2H3. The Hall–Kier alpha value is -2.61. The van der Waals surface area contributed by atoms with Crippen molar-refractivity contribution < 1.29 is 9.32 Å². The summed E-state index contributed by atoms with van der Waals surface area (Å²) >= 11 is 1.48. The van der Waals surface area contributed by atoms with Gasteiger partial charge in [-0.05, 0) is 45.2 Å². The molecule has 0 aliphatic carbocycles. The summed E-state index contributed by atoms with van der Waals surface area (Å²) in [7, 11) is 0. The van der Waals surface area contributed by atoms with Crippen molar-refractivity contribution in [3.05, 3.63) is 45.8 Å². The molecule has 1 aliphatic heterocycles. The van der Waals surface area contributed by atoms with E-state index in [9.17, 15) is 4.79 Å². The lowest BCUT2D eigenvalue weighted by Gasteiger charge is -2.24. The van der Waals surface area contributed by atoms with E-state index in [-0.39, 0.29) is 11.9 Å². The van der Waals surface area contributed by atoms with Crippen LogP contribution >= 0.6 is 11.3 Å². The molecule has 1 amide bonds. The van der Waals surface area contributed by atoms with Gasteiger partial charge in [-0.3, -0.25) is 9.78 Å². The summed E-state index contributed by atoms with van der Waals surface area (Å²) in [6, 6.07) is 5.78. The molecule has 3 aromatic rings. The van der Waals surface area contributed by atoms with E-state index in [1.807, 2.05) is 36.9 Å². The molecule has 3 aromatic heterocycles. The fraction of sp³-hybridized carbons (Fsp3) is 0.421. The fourth-order valence-electron chi connectivity index (χ4n) is 3.51. The van der Waals surface area contributed by atoms with Crippen LogP contribution in [0, 0.1) is 13.8 Å². The van der Waals surface area contributed by atoms with Crippen LogP contribution in [0.5, 0.6) is 0 Å². The highest BCUT2D eigenvalue weighted by Gasteiger charge is 2.31. The molecule has 1 fully saturated rings. The Balaban J connectivity index is 1.41. The van der Waals surface area contributed by atoms with Gasteiger partial charge in [0.1, 0.15) is 10.6 Å². The molecule has 4 rings (SSSR count). The first-order valence-corrected chi connectivity index (χ1v) is 9.92. The largest absolute Gasteiger partial charge is 0.335 e. The fourth-order valence-corrected chi connectivity index (χ4v) is 4.38. The van der Waals surface area contributed by atoms with Crippen molar-refractivity contribution in [2.24, 2.45) is 0 Å². The van der Waals surface area contributed by atoms with Crippen LogP contribution in [-0.2, 0) is 6.42 Å². The second-order valence-corrected chi connectivity index (χ2v) is 7.91. The highest BCUT2D eigenvalue weighted by atomic mass is 32.1. The van der Waals surface area contributed by atoms with Crippen molar-refractivity contribution >= 4 is 17.2 Å². The normalized spacial score (nSPS) is 16.8. The van der Waals surface area contributed by atoms with E-state index >= 15 is 0 Å². The molecule has 140 valence electrons. The number of nitrogens with zero attached hydrogens (tertiary/aromatic N) is 5. The third-order valence-electron chi connectivity index (χ3n) is 4.79. The predicted octanol–water partition coefficient (Wildman–Crippen LogP) is 3.44. The SMILES string of the molecule is Cc1nc(C)c(C(=O)N2CCCC2CCc2noc(-c3ccccn3)n2)s1. The number of thiazole rings is 1. The minimum Gasteiger partial charge on any atom is -0.335 e. The van der Waals surface area contributed by atoms with Gasteiger partial charge in [0.25, 0.3) is 11.8 Å². The molecule has 0 spiro atoms. The second kappa shape index (κ2) is 7.56. The number of carbonyl (C=O) groups excluding carboxylic acids is 1. The van der Waals surface area contributed by atoms with Crippen LogP contribution in [-0.4, -0.2) is 43.5 Å². The van der Waals surface area contributed by atoms with Gasteiger partial charge in [-0.25, -0.2) is 4.98 Å². The van der Waals surface area contributed by atoms with Gasteiger partial charge in [-0.1, -0.05) is 11.2 Å². The van der Waals surface area contributed by atoms with Crippen LogP contribution in [0.2, 0.25) is 0 Å². The van der Waals surface area contributed by atoms with Crippen molar-refractivity contribution in [1.29, 1.82) is 0 Å². The lowest BCUT2D eigenvalue weighted by atomic mass is 10.1. The number of carbonyl (C=O) groups is 1. The smallest absolute Gasteiger partial charge is 0.276 e. The Bertz CT molecular complexity index is 937. The number of rotatable bonds is 5. The molecule has 0 saturated carbocycles. The van der Waals surface area contributed by atoms with E-state index < -0.39 is 0 Å². The highest BCUT2D eigenvalue weighted by Crippen LogP contribution is 2.27. The van der Waals surface area contributed by atoms with Gasteiger partial charge in [0.05, 0.1) is 10.7 Å². The molecule has 8 heteroatoms. The molecule has 0 aromatic carbocycles. The van der Waals surface area contributed by atoms with E-state index in [0.717, 1.165) is 41.4 Å². The van der Waals surface area contributed by atoms with E-state index in [4.69, 9.17) is 4.52 Å². The van der Waals surface area contributed by atoms with Gasteiger partial charge in [0.15, 0.2) is 5.82 Å². The van der Waals surface area contributed by atoms with Crippen molar-refractivity contribution in [2.45, 2.75) is 45.6 Å². The first-order valence-electron chi connectivity index (χ1n) is 9.11. The molecular weight excluding hydrogens is 362 g/mol. The maximum absolute atomic E-state index is 12.9. The molecule has 0 radical (unpaired) electrons. The summed E-state index contributed by atoms with van der Waals surface area (Å²) < 4.78 is 5.32. The van der Waals surface area contributed by atoms with Crippen LogP contribution in [0.15, 0.2) is 28.9 Å². The Morgan fingerprint density at radius 3 is 2.96 bits per heavy atom. The third kappa shape index (κ3) is 3.75. The topological polar surface area (TPSA) is 85.0 Å². The summed E-state index contributed by atoms with van der Waals surface area (Å²) in [6.07, 6.45) is 5.23. The molecule has 1 atom stereocenters. The summed E-state index contributed by atoms with van der Waals surface area (Å²) in [5, 5.41) is 4.99. The average Bonchev–Trinajstić information content (AvgIpc) is 3.40. The summed E-state index contributed by atoms with van der Waals surface area (Å²) in [6.45, 7) is 4.64. The van der Waals surface area contributed by atoms with Crippen LogP contribution in [0.25, 0.3) is 11.6 Å². The molecule has 27 heavy (non-hydrogen) atoms. The Kier molecular flexibility index (Phi) is 4.98. The lowest BCUT2D eigenvalue weighted by Crippen LogP contribution is -2.35. The van der Waals surface area contributed by atoms with Gasteiger partial charge in [-0.2, -0.15) is 4.98 Å². The molecular formula is C19H21N5O2S. The van der Waals surface area contributed by atoms with Gasteiger partial charge in [-0.15, -0.1) is 11.3 Å². The van der Waals surface area contributed by atoms with Crippen molar-refractivity contribution in [2.75, 3.05) is 6.54 Å². The molecule has 0 N–H and O–H groups in total. The zero-order chi connectivity index (χ0) is 18.8. The third-order valence-corrected chi connectivity index (χ3v) is 5.85. The van der Waals surface area contributed by atoms with Gasteiger partial charge in [0.2, 0.25) is 0 Å². The zero-order valence-corrected chi connectivity index (χ0v) is 16.2. The zero-order valence-electron chi connectivity index (χ0n) is 15.4. The number of aromatic nitrogens is 4. The van der Waals surface area contributed by atoms with Crippen molar-refractivity contribution in [3.63, 3.8) is 0 Å². The average molecular weight is 383 g/mol. The quantitative estimate of drug-likeness (QED) is 0.671. The number of hydrogen-bond donors (Lipinski definition) is 0. The number of pyridine rings is 1. The van der Waals surface area contributed by atoms with Gasteiger partial charge < -0.3 is 9.42 Å². The van der Waals surface area contributed by atoms with Crippen LogP contribution in [0.1, 0.15) is 45.5 Å². The van der Waals surface area contributed by atoms with Gasteiger partial charge >= 0.3 is 0 Å². The monoisotopic (exact) mass is 383 g/mol. The molecule has 0 bridgehead atoms. The molecule has 7 nitrogen and oxygen atoms in total. The summed E-state index contributed by atoms with van der Waals surface area (Å²) in [4.78, 5) is 28.7. The predicted molar refractivity (Wildman–Crippen MR) is 101 cm³/mol. The first kappa shape index (κ1) is 17.8. The van der Waals surface area contributed by atoms with E-state index in [0.29, 0.717) is 23.8 Å². The first-order chi connectivity index (χ1) is 13.1. The minimum absolute atomic E-state index is 0.0999. The Labute approximate surface area is 161 Å². The molecule has 4 heterocycles. The summed E-state index contributed by atoms with van der Waals surface area (Å²) in [5.74, 6) is 1.18. The van der Waals surface area contributed by atoms with Crippen LogP contribution < -0.4 is 0 Å². The number of likely N-dealkylation sites (tertiary alicyclic amines) is 1. The molecule has 1 aliphatic rings. The van der Waals surface area contributed by atoms with Crippen molar-refractivity contribution in [3.8, 4) is 11.6 Å².